The van der Waals surface area contributed by atoms with Crippen molar-refractivity contribution in [3.8, 4) is 0 Å². The van der Waals surface area contributed by atoms with Gasteiger partial charge in [0.1, 0.15) is 10.3 Å². The van der Waals surface area contributed by atoms with Crippen molar-refractivity contribution in [2.75, 3.05) is 0 Å². The summed E-state index contributed by atoms with van der Waals surface area (Å²) in [6.07, 6.45) is 2.78. The predicted molar refractivity (Wildman–Crippen MR) is 83.4 cm³/mol. The minimum Gasteiger partial charge on any atom is -0.389 e. The zero-order valence-electron chi connectivity index (χ0n) is 11.1. The third kappa shape index (κ3) is 6.06. The standard InChI is InChI=1S/C7H7Cl2N.C7H8ClNO/c1-5(8)6-2-3-7(9)10-4-6;1-5(10)6-2-3-7(8)9-4-6/h2-5H,1H3;2-5,10H,1H3. The van der Waals surface area contributed by atoms with Crippen LogP contribution in [0.5, 0.6) is 0 Å². The highest BCUT2D eigenvalue weighted by molar-refractivity contribution is 6.29. The number of hydrogen-bond acceptors (Lipinski definition) is 3. The van der Waals surface area contributed by atoms with Crippen molar-refractivity contribution < 1.29 is 5.11 Å². The van der Waals surface area contributed by atoms with Gasteiger partial charge in [-0.05, 0) is 37.1 Å². The molecule has 0 fully saturated rings. The molecule has 108 valence electrons. The minimum atomic E-state index is -0.468. The van der Waals surface area contributed by atoms with E-state index < -0.39 is 6.10 Å². The summed E-state index contributed by atoms with van der Waals surface area (Å²) in [6.45, 7) is 3.58. The van der Waals surface area contributed by atoms with Gasteiger partial charge in [-0.2, -0.15) is 0 Å². The fourth-order valence-electron chi connectivity index (χ4n) is 1.26. The van der Waals surface area contributed by atoms with Gasteiger partial charge in [-0.1, -0.05) is 35.3 Å². The molecule has 0 radical (unpaired) electrons. The largest absolute Gasteiger partial charge is 0.389 e. The zero-order chi connectivity index (χ0) is 15.1. The fraction of sp³-hybridized carbons (Fsp3) is 0.286. The highest BCUT2D eigenvalue weighted by Crippen LogP contribution is 2.18. The van der Waals surface area contributed by atoms with Crippen LogP contribution in [-0.2, 0) is 0 Å². The average molecular weight is 334 g/mol. The van der Waals surface area contributed by atoms with Gasteiger partial charge in [-0.15, -0.1) is 11.6 Å². The van der Waals surface area contributed by atoms with Gasteiger partial charge in [0.15, 0.2) is 0 Å². The number of aromatic nitrogens is 2. The van der Waals surface area contributed by atoms with Crippen LogP contribution in [0.1, 0.15) is 36.5 Å². The molecule has 2 rings (SSSR count). The van der Waals surface area contributed by atoms with Gasteiger partial charge in [0, 0.05) is 12.4 Å². The molecule has 0 saturated heterocycles. The second-order valence-electron chi connectivity index (χ2n) is 4.12. The van der Waals surface area contributed by atoms with E-state index in [4.69, 9.17) is 39.9 Å². The first-order chi connectivity index (χ1) is 9.40. The number of nitrogens with zero attached hydrogens (tertiary/aromatic N) is 2. The van der Waals surface area contributed by atoms with E-state index in [1.54, 1.807) is 37.5 Å². The third-order valence-electron chi connectivity index (χ3n) is 2.44. The van der Waals surface area contributed by atoms with Crippen LogP contribution in [0.25, 0.3) is 0 Å². The van der Waals surface area contributed by atoms with Crippen molar-refractivity contribution in [3.05, 3.63) is 58.1 Å². The Labute approximate surface area is 133 Å². The molecule has 2 atom stereocenters. The molecule has 0 spiro atoms. The van der Waals surface area contributed by atoms with Crippen LogP contribution in [0.15, 0.2) is 36.7 Å². The highest BCUT2D eigenvalue weighted by Gasteiger charge is 1.99. The minimum absolute atomic E-state index is 0.00441. The summed E-state index contributed by atoms with van der Waals surface area (Å²) >= 11 is 16.9. The molecule has 6 heteroatoms. The molecule has 20 heavy (non-hydrogen) atoms. The number of aliphatic hydroxyl groups is 1. The molecule has 0 aromatic carbocycles. The van der Waals surface area contributed by atoms with E-state index in [9.17, 15) is 0 Å². The van der Waals surface area contributed by atoms with E-state index in [0.717, 1.165) is 11.1 Å². The Kier molecular flexibility index (Phi) is 7.24. The number of pyridine rings is 2. The fourth-order valence-corrected chi connectivity index (χ4v) is 1.61. The molecule has 3 nitrogen and oxygen atoms in total. The van der Waals surface area contributed by atoms with Crippen molar-refractivity contribution in [1.82, 2.24) is 9.97 Å². The molecule has 0 amide bonds. The molecule has 2 aromatic heterocycles. The van der Waals surface area contributed by atoms with Gasteiger partial charge in [0.25, 0.3) is 0 Å². The van der Waals surface area contributed by atoms with E-state index in [1.165, 1.54) is 0 Å². The monoisotopic (exact) mass is 332 g/mol. The molecule has 0 saturated carbocycles. The average Bonchev–Trinajstić information content (AvgIpc) is 2.40. The topological polar surface area (TPSA) is 46.0 Å². The molecule has 0 aliphatic heterocycles. The highest BCUT2D eigenvalue weighted by atomic mass is 35.5. The van der Waals surface area contributed by atoms with Gasteiger partial charge in [0.2, 0.25) is 0 Å². The van der Waals surface area contributed by atoms with E-state index in [2.05, 4.69) is 9.97 Å². The molecule has 2 unspecified atom stereocenters. The smallest absolute Gasteiger partial charge is 0.129 e. The second kappa shape index (κ2) is 8.42. The number of aliphatic hydroxyl groups excluding tert-OH is 1. The maximum Gasteiger partial charge on any atom is 0.129 e. The summed E-state index contributed by atoms with van der Waals surface area (Å²) in [7, 11) is 0. The lowest BCUT2D eigenvalue weighted by Crippen LogP contribution is -1.90. The first-order valence-electron chi connectivity index (χ1n) is 5.95. The van der Waals surface area contributed by atoms with Crippen molar-refractivity contribution in [2.24, 2.45) is 0 Å². The Morgan fingerprint density at radius 2 is 1.35 bits per heavy atom. The van der Waals surface area contributed by atoms with Gasteiger partial charge >= 0.3 is 0 Å². The Balaban J connectivity index is 0.000000200. The van der Waals surface area contributed by atoms with Crippen molar-refractivity contribution in [2.45, 2.75) is 25.3 Å². The van der Waals surface area contributed by atoms with Crippen LogP contribution in [0, 0.1) is 0 Å². The molecule has 0 aliphatic carbocycles. The van der Waals surface area contributed by atoms with E-state index in [-0.39, 0.29) is 5.38 Å². The Morgan fingerprint density at radius 1 is 0.900 bits per heavy atom. The van der Waals surface area contributed by atoms with Gasteiger partial charge in [-0.25, -0.2) is 9.97 Å². The number of hydrogen-bond donors (Lipinski definition) is 1. The maximum absolute atomic E-state index is 9.03. The van der Waals surface area contributed by atoms with Crippen molar-refractivity contribution in [1.29, 1.82) is 0 Å². The van der Waals surface area contributed by atoms with Crippen LogP contribution in [0.4, 0.5) is 0 Å². The third-order valence-corrected chi connectivity index (χ3v) is 3.14. The van der Waals surface area contributed by atoms with E-state index >= 15 is 0 Å². The molecule has 1 N–H and O–H groups in total. The summed E-state index contributed by atoms with van der Waals surface area (Å²) in [6, 6.07) is 7.01. The second-order valence-corrected chi connectivity index (χ2v) is 5.55. The van der Waals surface area contributed by atoms with Gasteiger partial charge in [0.05, 0.1) is 11.5 Å². The molecule has 2 aromatic rings. The molecule has 0 aliphatic rings. The lowest BCUT2D eigenvalue weighted by atomic mass is 10.2. The lowest BCUT2D eigenvalue weighted by Gasteiger charge is -2.01. The number of halogens is 3. The van der Waals surface area contributed by atoms with E-state index in [0.29, 0.717) is 10.3 Å². The number of alkyl halides is 1. The normalized spacial score (nSPS) is 13.1. The Bertz CT molecular complexity index is 463. The Hall–Kier alpha value is -0.870. The SMILES string of the molecule is CC(Cl)c1ccc(Cl)nc1.CC(O)c1ccc(Cl)nc1. The summed E-state index contributed by atoms with van der Waals surface area (Å²) < 4.78 is 0. The summed E-state index contributed by atoms with van der Waals surface area (Å²) in [5, 5.41) is 9.99. The molecule has 0 bridgehead atoms. The first kappa shape index (κ1) is 17.2. The maximum atomic E-state index is 9.03. The summed E-state index contributed by atoms with van der Waals surface area (Å²) in [4.78, 5) is 7.69. The van der Waals surface area contributed by atoms with Crippen LogP contribution < -0.4 is 0 Å². The van der Waals surface area contributed by atoms with Crippen LogP contribution in [-0.4, -0.2) is 15.1 Å². The molecule has 2 heterocycles. The number of rotatable bonds is 2. The predicted octanol–water partition coefficient (Wildman–Crippen LogP) is 4.82. The quantitative estimate of drug-likeness (QED) is 0.633. The Morgan fingerprint density at radius 3 is 1.65 bits per heavy atom. The zero-order valence-corrected chi connectivity index (χ0v) is 13.4. The molecular formula is C14H15Cl3N2O. The first-order valence-corrected chi connectivity index (χ1v) is 7.14. The summed E-state index contributed by atoms with van der Waals surface area (Å²) in [5.41, 5.74) is 1.77. The van der Waals surface area contributed by atoms with Crippen molar-refractivity contribution in [3.63, 3.8) is 0 Å². The van der Waals surface area contributed by atoms with Crippen LogP contribution in [0.2, 0.25) is 10.3 Å². The van der Waals surface area contributed by atoms with Gasteiger partial charge in [-0.3, -0.25) is 0 Å². The van der Waals surface area contributed by atoms with Crippen LogP contribution in [0.3, 0.4) is 0 Å². The van der Waals surface area contributed by atoms with E-state index in [1.807, 2.05) is 13.0 Å². The van der Waals surface area contributed by atoms with Crippen LogP contribution >= 0.6 is 34.8 Å². The summed E-state index contributed by atoms with van der Waals surface area (Å²) in [5.74, 6) is 0. The van der Waals surface area contributed by atoms with Gasteiger partial charge < -0.3 is 5.11 Å². The lowest BCUT2D eigenvalue weighted by molar-refractivity contribution is 0.199. The molecular weight excluding hydrogens is 319 g/mol. The van der Waals surface area contributed by atoms with Crippen molar-refractivity contribution >= 4 is 34.8 Å².